The molecule has 0 fully saturated rings. The Morgan fingerprint density at radius 2 is 0.846 bits per heavy atom. The number of carbonyl (C=O) groups excluding carboxylic acids is 2. The van der Waals surface area contributed by atoms with E-state index in [2.05, 4.69) is 0 Å². The second kappa shape index (κ2) is 7.87. The van der Waals surface area contributed by atoms with Gasteiger partial charge in [0.2, 0.25) is 0 Å². The molecule has 0 bridgehead atoms. The summed E-state index contributed by atoms with van der Waals surface area (Å²) in [5.74, 6) is -0.300. The first-order chi connectivity index (χ1) is 12.6. The molecule has 0 aliphatic carbocycles. The molecule has 0 saturated carbocycles. The maximum absolute atomic E-state index is 12.5. The van der Waals surface area contributed by atoms with Crippen molar-refractivity contribution in [3.05, 3.63) is 107 Å². The van der Waals surface area contributed by atoms with Crippen LogP contribution in [0.5, 0.6) is 0 Å². The number of rotatable bonds is 6. The molecule has 0 heterocycles. The van der Waals surface area contributed by atoms with Crippen molar-refractivity contribution in [1.82, 2.24) is 0 Å². The lowest BCUT2D eigenvalue weighted by molar-refractivity contribution is 0.0952. The lowest BCUT2D eigenvalue weighted by atomic mass is 9.94. The fourth-order valence-electron chi connectivity index (χ4n) is 2.78. The van der Waals surface area contributed by atoms with Gasteiger partial charge in [-0.25, -0.2) is 0 Å². The van der Waals surface area contributed by atoms with E-state index in [1.54, 1.807) is 72.8 Å². The summed E-state index contributed by atoms with van der Waals surface area (Å²) in [7, 11) is 0. The minimum Gasteiger partial charge on any atom is -0.318 e. The molecule has 4 N–H and O–H groups in total. The molecule has 0 amide bonds. The van der Waals surface area contributed by atoms with Gasteiger partial charge in [-0.3, -0.25) is 9.59 Å². The number of hydrogen-bond donors (Lipinski definition) is 2. The monoisotopic (exact) mass is 344 g/mol. The molecule has 0 aliphatic heterocycles. The fourth-order valence-corrected chi connectivity index (χ4v) is 2.78. The van der Waals surface area contributed by atoms with Crippen LogP contribution in [0.15, 0.2) is 84.9 Å². The average molecular weight is 344 g/mol. The minimum absolute atomic E-state index is 0.150. The zero-order valence-corrected chi connectivity index (χ0v) is 14.2. The quantitative estimate of drug-likeness (QED) is 0.671. The predicted octanol–water partition coefficient (Wildman–Crippen LogP) is 3.45. The Hall–Kier alpha value is -3.08. The molecule has 3 rings (SSSR count). The largest absolute Gasteiger partial charge is 0.318 e. The number of Topliss-reactive ketones (excluding diaryl/α,β-unsaturated/α-hetero) is 2. The average Bonchev–Trinajstić information content (AvgIpc) is 2.73. The van der Waals surface area contributed by atoms with Crippen molar-refractivity contribution in [1.29, 1.82) is 0 Å². The van der Waals surface area contributed by atoms with Crippen LogP contribution in [0.1, 0.15) is 43.9 Å². The molecule has 0 aromatic heterocycles. The second-order valence-electron chi connectivity index (χ2n) is 6.08. The van der Waals surface area contributed by atoms with Gasteiger partial charge in [-0.15, -0.1) is 0 Å². The Kier molecular flexibility index (Phi) is 5.37. The fraction of sp³-hybridized carbons (Fsp3) is 0.0909. The normalized spacial score (nSPS) is 13.0. The van der Waals surface area contributed by atoms with Crippen molar-refractivity contribution in [2.45, 2.75) is 12.1 Å². The summed E-state index contributed by atoms with van der Waals surface area (Å²) in [4.78, 5) is 24.9. The summed E-state index contributed by atoms with van der Waals surface area (Å²) >= 11 is 0. The molecule has 26 heavy (non-hydrogen) atoms. The van der Waals surface area contributed by atoms with Crippen molar-refractivity contribution in [2.24, 2.45) is 11.5 Å². The van der Waals surface area contributed by atoms with Crippen molar-refractivity contribution in [2.75, 3.05) is 0 Å². The Morgan fingerprint density at radius 3 is 1.15 bits per heavy atom. The molecule has 130 valence electrons. The third-order valence-corrected chi connectivity index (χ3v) is 4.34. The Morgan fingerprint density at radius 1 is 0.538 bits per heavy atom. The summed E-state index contributed by atoms with van der Waals surface area (Å²) in [6.45, 7) is 0. The van der Waals surface area contributed by atoms with Gasteiger partial charge in [0.15, 0.2) is 11.6 Å². The summed E-state index contributed by atoms with van der Waals surface area (Å²) < 4.78 is 0. The summed E-state index contributed by atoms with van der Waals surface area (Å²) in [6.07, 6.45) is 0. The topological polar surface area (TPSA) is 86.2 Å². The maximum atomic E-state index is 12.5. The first-order valence-corrected chi connectivity index (χ1v) is 8.37. The Labute approximate surface area is 152 Å². The van der Waals surface area contributed by atoms with Crippen LogP contribution in [-0.2, 0) is 0 Å². The first kappa shape index (κ1) is 17.7. The molecule has 0 aliphatic rings. The van der Waals surface area contributed by atoms with E-state index in [9.17, 15) is 9.59 Å². The van der Waals surface area contributed by atoms with Gasteiger partial charge in [-0.2, -0.15) is 0 Å². The highest BCUT2D eigenvalue weighted by atomic mass is 16.1. The number of hydrogen-bond acceptors (Lipinski definition) is 4. The van der Waals surface area contributed by atoms with Crippen molar-refractivity contribution >= 4 is 11.6 Å². The van der Waals surface area contributed by atoms with E-state index in [1.165, 1.54) is 0 Å². The molecule has 0 spiro atoms. The van der Waals surface area contributed by atoms with Gasteiger partial charge >= 0.3 is 0 Å². The minimum atomic E-state index is -0.757. The van der Waals surface area contributed by atoms with E-state index < -0.39 is 12.1 Å². The van der Waals surface area contributed by atoms with E-state index in [-0.39, 0.29) is 11.6 Å². The van der Waals surface area contributed by atoms with Crippen molar-refractivity contribution in [3.8, 4) is 0 Å². The smallest absolute Gasteiger partial charge is 0.184 e. The number of nitrogens with two attached hydrogens (primary N) is 2. The van der Waals surface area contributed by atoms with E-state index in [0.717, 1.165) is 0 Å². The lowest BCUT2D eigenvalue weighted by Gasteiger charge is -2.14. The van der Waals surface area contributed by atoms with Crippen LogP contribution in [0, 0.1) is 0 Å². The van der Waals surface area contributed by atoms with Crippen molar-refractivity contribution in [3.63, 3.8) is 0 Å². The number of ketones is 2. The number of carbonyl (C=O) groups is 2. The highest BCUT2D eigenvalue weighted by molar-refractivity contribution is 6.01. The summed E-state index contributed by atoms with van der Waals surface area (Å²) in [5, 5.41) is 0. The van der Waals surface area contributed by atoms with Crippen LogP contribution in [0.2, 0.25) is 0 Å². The summed E-state index contributed by atoms with van der Waals surface area (Å²) in [5.41, 5.74) is 14.7. The van der Waals surface area contributed by atoms with Crippen LogP contribution in [0.4, 0.5) is 0 Å². The predicted molar refractivity (Wildman–Crippen MR) is 102 cm³/mol. The molecule has 4 nitrogen and oxygen atoms in total. The SMILES string of the molecule is NC(C(=O)c1ccccc1)c1ccc(C(N)C(=O)c2ccccc2)cc1. The standard InChI is InChI=1S/C22H20N2O2/c23-19(21(25)17-7-3-1-4-8-17)15-11-13-16(14-12-15)20(24)22(26)18-9-5-2-6-10-18/h1-14,19-20H,23-24H2. The van der Waals surface area contributed by atoms with E-state index in [4.69, 9.17) is 11.5 Å². The molecular formula is C22H20N2O2. The Balaban J connectivity index is 1.76. The molecule has 0 saturated heterocycles. The molecule has 4 heteroatoms. The van der Waals surface area contributed by atoms with E-state index in [1.807, 2.05) is 12.1 Å². The van der Waals surface area contributed by atoms with Gasteiger partial charge in [0, 0.05) is 11.1 Å². The summed E-state index contributed by atoms with van der Waals surface area (Å²) in [6, 6.07) is 23.4. The second-order valence-corrected chi connectivity index (χ2v) is 6.08. The van der Waals surface area contributed by atoms with Gasteiger partial charge in [0.25, 0.3) is 0 Å². The van der Waals surface area contributed by atoms with Crippen LogP contribution < -0.4 is 11.5 Å². The van der Waals surface area contributed by atoms with Crippen molar-refractivity contribution < 1.29 is 9.59 Å². The highest BCUT2D eigenvalue weighted by Crippen LogP contribution is 2.21. The van der Waals surface area contributed by atoms with Crippen LogP contribution in [0.3, 0.4) is 0 Å². The molecule has 2 atom stereocenters. The maximum Gasteiger partial charge on any atom is 0.184 e. The highest BCUT2D eigenvalue weighted by Gasteiger charge is 2.20. The number of benzene rings is 3. The molecule has 3 aromatic rings. The zero-order chi connectivity index (χ0) is 18.5. The molecule has 2 unspecified atom stereocenters. The van der Waals surface area contributed by atoms with Gasteiger partial charge in [0.1, 0.15) is 0 Å². The third kappa shape index (κ3) is 3.77. The third-order valence-electron chi connectivity index (χ3n) is 4.34. The van der Waals surface area contributed by atoms with Gasteiger partial charge in [0.05, 0.1) is 12.1 Å². The zero-order valence-electron chi connectivity index (χ0n) is 14.2. The van der Waals surface area contributed by atoms with Gasteiger partial charge in [-0.1, -0.05) is 84.9 Å². The van der Waals surface area contributed by atoms with Gasteiger partial charge in [-0.05, 0) is 11.1 Å². The van der Waals surface area contributed by atoms with Crippen LogP contribution >= 0.6 is 0 Å². The van der Waals surface area contributed by atoms with Gasteiger partial charge < -0.3 is 11.5 Å². The Bertz CT molecular complexity index is 814. The lowest BCUT2D eigenvalue weighted by Crippen LogP contribution is -2.23. The van der Waals surface area contributed by atoms with Crippen LogP contribution in [-0.4, -0.2) is 11.6 Å². The molecule has 0 radical (unpaired) electrons. The van der Waals surface area contributed by atoms with E-state index >= 15 is 0 Å². The first-order valence-electron chi connectivity index (χ1n) is 8.37. The van der Waals surface area contributed by atoms with E-state index in [0.29, 0.717) is 22.3 Å². The molecular weight excluding hydrogens is 324 g/mol. The van der Waals surface area contributed by atoms with Crippen LogP contribution in [0.25, 0.3) is 0 Å². The molecule has 3 aromatic carbocycles.